The molecule has 6 nitrogen and oxygen atoms in total. The van der Waals surface area contributed by atoms with Crippen molar-refractivity contribution in [3.63, 3.8) is 0 Å². The molecule has 1 unspecified atom stereocenters. The van der Waals surface area contributed by atoms with E-state index in [0.29, 0.717) is 19.4 Å². The van der Waals surface area contributed by atoms with Gasteiger partial charge in [-0.25, -0.2) is 4.98 Å². The molecule has 1 fully saturated rings. The summed E-state index contributed by atoms with van der Waals surface area (Å²) in [6.07, 6.45) is 3.12. The number of morpholine rings is 1. The van der Waals surface area contributed by atoms with Crippen LogP contribution in [0.2, 0.25) is 0 Å². The number of nitrogens with two attached hydrogens (primary N) is 1. The van der Waals surface area contributed by atoms with Gasteiger partial charge in [0.15, 0.2) is 0 Å². The van der Waals surface area contributed by atoms with Crippen LogP contribution in [0, 0.1) is 0 Å². The van der Waals surface area contributed by atoms with Crippen LogP contribution in [0.1, 0.15) is 24.5 Å². The van der Waals surface area contributed by atoms with Gasteiger partial charge >= 0.3 is 0 Å². The Morgan fingerprint density at radius 3 is 2.92 bits per heavy atom. The Morgan fingerprint density at radius 2 is 2.19 bits per heavy atom. The van der Waals surface area contributed by atoms with Gasteiger partial charge in [0.05, 0.1) is 12.7 Å². The third-order valence-corrected chi connectivity index (χ3v) is 4.54. The molecule has 6 heteroatoms. The van der Waals surface area contributed by atoms with Gasteiger partial charge in [-0.1, -0.05) is 24.3 Å². The van der Waals surface area contributed by atoms with E-state index in [1.807, 2.05) is 42.6 Å². The third-order valence-electron chi connectivity index (χ3n) is 4.54. The quantitative estimate of drug-likeness (QED) is 0.777. The summed E-state index contributed by atoms with van der Waals surface area (Å²) >= 11 is 0. The summed E-state index contributed by atoms with van der Waals surface area (Å²) in [5.41, 5.74) is 8.63. The van der Waals surface area contributed by atoms with E-state index in [-0.39, 0.29) is 12.0 Å². The topological polar surface area (TPSA) is 80.5 Å². The molecule has 1 amide bonds. The molecule has 3 rings (SSSR count). The molecule has 1 aliphatic heterocycles. The number of anilines is 2. The van der Waals surface area contributed by atoms with Gasteiger partial charge in [0.2, 0.25) is 5.91 Å². The van der Waals surface area contributed by atoms with E-state index in [1.165, 1.54) is 0 Å². The maximum Gasteiger partial charge on any atom is 0.220 e. The summed E-state index contributed by atoms with van der Waals surface area (Å²) in [6.45, 7) is 4.99. The maximum absolute atomic E-state index is 12.1. The minimum Gasteiger partial charge on any atom is -0.399 e. The lowest BCUT2D eigenvalue weighted by molar-refractivity contribution is -0.121. The fourth-order valence-electron chi connectivity index (χ4n) is 3.03. The molecule has 1 aromatic heterocycles. The molecule has 26 heavy (non-hydrogen) atoms. The molecule has 0 spiro atoms. The molecular weight excluding hydrogens is 328 g/mol. The minimum absolute atomic E-state index is 0.0133. The number of para-hydroxylation sites is 1. The number of ether oxygens (including phenoxy) is 1. The second-order valence-electron chi connectivity index (χ2n) is 6.63. The summed E-state index contributed by atoms with van der Waals surface area (Å²) in [7, 11) is 0. The second kappa shape index (κ2) is 8.67. The van der Waals surface area contributed by atoms with Crippen LogP contribution in [0.15, 0.2) is 42.6 Å². The number of nitrogens with one attached hydrogen (secondary N) is 1. The highest BCUT2D eigenvalue weighted by Crippen LogP contribution is 2.16. The van der Waals surface area contributed by atoms with E-state index >= 15 is 0 Å². The predicted octanol–water partition coefficient (Wildman–Crippen LogP) is 2.14. The molecule has 0 saturated carbocycles. The smallest absolute Gasteiger partial charge is 0.220 e. The number of rotatable bonds is 6. The summed E-state index contributed by atoms with van der Waals surface area (Å²) in [5.74, 6) is 0.967. The Morgan fingerprint density at radius 1 is 1.35 bits per heavy atom. The van der Waals surface area contributed by atoms with Gasteiger partial charge in [-0.2, -0.15) is 0 Å². The van der Waals surface area contributed by atoms with Crippen molar-refractivity contribution in [1.82, 2.24) is 10.3 Å². The van der Waals surface area contributed by atoms with E-state index < -0.39 is 0 Å². The first kappa shape index (κ1) is 18.2. The van der Waals surface area contributed by atoms with Gasteiger partial charge in [-0.05, 0) is 36.6 Å². The molecule has 138 valence electrons. The fraction of sp³-hybridized carbons (Fsp3) is 0.400. The number of amides is 1. The number of aromatic nitrogens is 1. The number of pyridine rings is 1. The SMILES string of the molecule is CC1CN(c2ccc(CNC(=O)CCc3ccccc3N)cn2)CCO1. The van der Waals surface area contributed by atoms with E-state index in [9.17, 15) is 4.79 Å². The van der Waals surface area contributed by atoms with Crippen molar-refractivity contribution in [1.29, 1.82) is 0 Å². The van der Waals surface area contributed by atoms with Crippen molar-refractivity contribution in [2.75, 3.05) is 30.3 Å². The molecule has 1 atom stereocenters. The average molecular weight is 354 g/mol. The number of aryl methyl sites for hydroxylation is 1. The summed E-state index contributed by atoms with van der Waals surface area (Å²) in [4.78, 5) is 18.8. The Balaban J connectivity index is 1.45. The van der Waals surface area contributed by atoms with Gasteiger partial charge in [0.25, 0.3) is 0 Å². The first-order chi connectivity index (χ1) is 12.6. The highest BCUT2D eigenvalue weighted by atomic mass is 16.5. The van der Waals surface area contributed by atoms with Crippen molar-refractivity contribution in [3.8, 4) is 0 Å². The number of benzene rings is 1. The van der Waals surface area contributed by atoms with Crippen molar-refractivity contribution in [2.24, 2.45) is 0 Å². The van der Waals surface area contributed by atoms with E-state index in [1.54, 1.807) is 0 Å². The van der Waals surface area contributed by atoms with E-state index in [0.717, 1.165) is 42.3 Å². The largest absolute Gasteiger partial charge is 0.399 e. The van der Waals surface area contributed by atoms with Crippen LogP contribution in [0.5, 0.6) is 0 Å². The molecule has 2 aromatic rings. The highest BCUT2D eigenvalue weighted by molar-refractivity contribution is 5.76. The lowest BCUT2D eigenvalue weighted by Gasteiger charge is -2.32. The van der Waals surface area contributed by atoms with Crippen LogP contribution in [0.25, 0.3) is 0 Å². The van der Waals surface area contributed by atoms with Crippen LogP contribution in [0.3, 0.4) is 0 Å². The number of hydrogen-bond donors (Lipinski definition) is 2. The summed E-state index contributed by atoms with van der Waals surface area (Å²) in [6, 6.07) is 11.7. The summed E-state index contributed by atoms with van der Waals surface area (Å²) in [5, 5.41) is 2.94. The molecule has 1 aromatic carbocycles. The van der Waals surface area contributed by atoms with Gasteiger partial charge in [0.1, 0.15) is 5.82 Å². The van der Waals surface area contributed by atoms with Gasteiger partial charge in [0, 0.05) is 37.9 Å². The molecule has 3 N–H and O–H groups in total. The summed E-state index contributed by atoms with van der Waals surface area (Å²) < 4.78 is 5.56. The standard InChI is InChI=1S/C20H26N4O2/c1-15-14-24(10-11-26-15)19-8-6-16(12-22-19)13-23-20(25)9-7-17-4-2-3-5-18(17)21/h2-6,8,12,15H,7,9-11,13-14,21H2,1H3,(H,23,25). The van der Waals surface area contributed by atoms with Crippen molar-refractivity contribution >= 4 is 17.4 Å². The minimum atomic E-state index is 0.0133. The monoisotopic (exact) mass is 354 g/mol. The Kier molecular flexibility index (Phi) is 6.07. The Labute approximate surface area is 154 Å². The number of carbonyl (C=O) groups excluding carboxylic acids is 1. The van der Waals surface area contributed by atoms with Crippen molar-refractivity contribution < 1.29 is 9.53 Å². The first-order valence-corrected chi connectivity index (χ1v) is 9.03. The first-order valence-electron chi connectivity index (χ1n) is 9.03. The molecule has 0 aliphatic carbocycles. The number of carbonyl (C=O) groups is 1. The van der Waals surface area contributed by atoms with Crippen molar-refractivity contribution in [3.05, 3.63) is 53.7 Å². The van der Waals surface area contributed by atoms with Crippen molar-refractivity contribution in [2.45, 2.75) is 32.4 Å². The molecule has 0 radical (unpaired) electrons. The normalized spacial score (nSPS) is 17.1. The van der Waals surface area contributed by atoms with Gasteiger partial charge < -0.3 is 20.7 Å². The van der Waals surface area contributed by atoms with Gasteiger partial charge in [-0.15, -0.1) is 0 Å². The maximum atomic E-state index is 12.1. The van der Waals surface area contributed by atoms with E-state index in [2.05, 4.69) is 22.1 Å². The molecule has 0 bridgehead atoms. The highest BCUT2D eigenvalue weighted by Gasteiger charge is 2.17. The van der Waals surface area contributed by atoms with Crippen LogP contribution < -0.4 is 16.0 Å². The van der Waals surface area contributed by atoms with Crippen LogP contribution in [-0.2, 0) is 22.5 Å². The van der Waals surface area contributed by atoms with Crippen LogP contribution >= 0.6 is 0 Å². The Bertz CT molecular complexity index is 733. The van der Waals surface area contributed by atoms with Gasteiger partial charge in [-0.3, -0.25) is 4.79 Å². The fourth-order valence-corrected chi connectivity index (χ4v) is 3.03. The zero-order valence-corrected chi connectivity index (χ0v) is 15.1. The number of hydrogen-bond acceptors (Lipinski definition) is 5. The zero-order chi connectivity index (χ0) is 18.4. The lowest BCUT2D eigenvalue weighted by Crippen LogP contribution is -2.41. The van der Waals surface area contributed by atoms with Crippen LogP contribution in [0.4, 0.5) is 11.5 Å². The zero-order valence-electron chi connectivity index (χ0n) is 15.1. The molecular formula is C20H26N4O2. The van der Waals surface area contributed by atoms with E-state index in [4.69, 9.17) is 10.5 Å². The number of nitrogens with zero attached hydrogens (tertiary/aromatic N) is 2. The Hall–Kier alpha value is -2.60. The molecule has 2 heterocycles. The predicted molar refractivity (Wildman–Crippen MR) is 103 cm³/mol. The third kappa shape index (κ3) is 4.95. The lowest BCUT2D eigenvalue weighted by atomic mass is 10.1. The average Bonchev–Trinajstić information content (AvgIpc) is 2.66. The molecule has 1 saturated heterocycles. The second-order valence-corrected chi connectivity index (χ2v) is 6.63. The number of nitrogen functional groups attached to an aromatic ring is 1. The molecule has 1 aliphatic rings. The van der Waals surface area contributed by atoms with Crippen LogP contribution in [-0.4, -0.2) is 36.7 Å².